The smallest absolute Gasteiger partial charge is 0.263 e. The lowest BCUT2D eigenvalue weighted by Crippen LogP contribution is -2.47. The number of thiazole rings is 1. The molecule has 0 atom stereocenters. The molecule has 5 heteroatoms. The van der Waals surface area contributed by atoms with Crippen LogP contribution in [-0.4, -0.2) is 28.1 Å². The van der Waals surface area contributed by atoms with Gasteiger partial charge in [-0.15, -0.1) is 11.3 Å². The van der Waals surface area contributed by atoms with Gasteiger partial charge in [-0.3, -0.25) is 9.78 Å². The summed E-state index contributed by atoms with van der Waals surface area (Å²) in [6, 6.07) is 0. The van der Waals surface area contributed by atoms with Crippen LogP contribution < -0.4 is 5.32 Å². The lowest BCUT2D eigenvalue weighted by molar-refractivity contribution is -0.0300. The summed E-state index contributed by atoms with van der Waals surface area (Å²) in [4.78, 5) is 15.8. The standard InChI is InChI=1S/C9H12N2O2S/c12-8(7-4-10-6-14-7)11-5-9(13)2-1-3-9/h4,6,13H,1-3,5H2,(H,11,12). The first-order chi connectivity index (χ1) is 6.70. The SMILES string of the molecule is O=C(NCC1(O)CCC1)c1cncs1. The molecule has 0 unspecified atom stereocenters. The summed E-state index contributed by atoms with van der Waals surface area (Å²) in [7, 11) is 0. The minimum absolute atomic E-state index is 0.146. The highest BCUT2D eigenvalue weighted by molar-refractivity contribution is 7.11. The fourth-order valence-corrected chi connectivity index (χ4v) is 1.96. The molecule has 1 saturated carbocycles. The van der Waals surface area contributed by atoms with E-state index in [1.54, 1.807) is 5.51 Å². The lowest BCUT2D eigenvalue weighted by atomic mass is 9.80. The number of aliphatic hydroxyl groups is 1. The monoisotopic (exact) mass is 212 g/mol. The molecule has 1 aromatic heterocycles. The molecule has 1 amide bonds. The topological polar surface area (TPSA) is 62.2 Å². The van der Waals surface area contributed by atoms with Crippen molar-refractivity contribution in [3.05, 3.63) is 16.6 Å². The molecule has 2 rings (SSSR count). The molecule has 76 valence electrons. The molecule has 1 aliphatic rings. The average Bonchev–Trinajstić information content (AvgIpc) is 2.63. The first kappa shape index (κ1) is 9.61. The Hall–Kier alpha value is -0.940. The van der Waals surface area contributed by atoms with Crippen molar-refractivity contribution < 1.29 is 9.90 Å². The van der Waals surface area contributed by atoms with E-state index in [0.717, 1.165) is 19.3 Å². The van der Waals surface area contributed by atoms with Gasteiger partial charge in [-0.25, -0.2) is 0 Å². The summed E-state index contributed by atoms with van der Waals surface area (Å²) in [5.41, 5.74) is 0.966. The van der Waals surface area contributed by atoms with Crippen molar-refractivity contribution in [2.45, 2.75) is 24.9 Å². The Balaban J connectivity index is 1.84. The van der Waals surface area contributed by atoms with E-state index in [0.29, 0.717) is 11.4 Å². The van der Waals surface area contributed by atoms with Crippen LogP contribution in [0.25, 0.3) is 0 Å². The second kappa shape index (κ2) is 3.67. The van der Waals surface area contributed by atoms with Gasteiger partial charge in [0.05, 0.1) is 17.3 Å². The van der Waals surface area contributed by atoms with Crippen LogP contribution in [-0.2, 0) is 0 Å². The number of hydrogen-bond acceptors (Lipinski definition) is 4. The Kier molecular flexibility index (Phi) is 2.52. The fraction of sp³-hybridized carbons (Fsp3) is 0.556. The second-order valence-electron chi connectivity index (χ2n) is 3.63. The van der Waals surface area contributed by atoms with Gasteiger partial charge in [-0.2, -0.15) is 0 Å². The molecule has 1 aliphatic carbocycles. The van der Waals surface area contributed by atoms with Crippen LogP contribution in [0.4, 0.5) is 0 Å². The zero-order valence-corrected chi connectivity index (χ0v) is 8.51. The van der Waals surface area contributed by atoms with E-state index in [4.69, 9.17) is 0 Å². The van der Waals surface area contributed by atoms with Crippen molar-refractivity contribution in [3.8, 4) is 0 Å². The molecule has 1 fully saturated rings. The van der Waals surface area contributed by atoms with Crippen molar-refractivity contribution >= 4 is 17.2 Å². The number of amides is 1. The van der Waals surface area contributed by atoms with Crippen molar-refractivity contribution in [2.24, 2.45) is 0 Å². The average molecular weight is 212 g/mol. The van der Waals surface area contributed by atoms with Gasteiger partial charge in [0.1, 0.15) is 4.88 Å². The number of aromatic nitrogens is 1. The maximum absolute atomic E-state index is 11.4. The minimum Gasteiger partial charge on any atom is -0.388 e. The number of rotatable bonds is 3. The molecule has 0 spiro atoms. The quantitative estimate of drug-likeness (QED) is 0.778. The van der Waals surface area contributed by atoms with Gasteiger partial charge in [-0.1, -0.05) is 0 Å². The normalized spacial score (nSPS) is 18.6. The van der Waals surface area contributed by atoms with E-state index in [2.05, 4.69) is 10.3 Å². The Morgan fingerprint density at radius 3 is 3.00 bits per heavy atom. The van der Waals surface area contributed by atoms with Gasteiger partial charge in [0.25, 0.3) is 5.91 Å². The summed E-state index contributed by atoms with van der Waals surface area (Å²) < 4.78 is 0. The Morgan fingerprint density at radius 2 is 2.50 bits per heavy atom. The number of nitrogens with zero attached hydrogens (tertiary/aromatic N) is 1. The highest BCUT2D eigenvalue weighted by Gasteiger charge is 2.34. The number of nitrogens with one attached hydrogen (secondary N) is 1. The zero-order chi connectivity index (χ0) is 10.0. The minimum atomic E-state index is -0.652. The van der Waals surface area contributed by atoms with Crippen LogP contribution in [0.2, 0.25) is 0 Å². The maximum Gasteiger partial charge on any atom is 0.263 e. The highest BCUT2D eigenvalue weighted by Crippen LogP contribution is 2.30. The zero-order valence-electron chi connectivity index (χ0n) is 7.69. The molecule has 1 heterocycles. The Bertz CT molecular complexity index is 320. The van der Waals surface area contributed by atoms with E-state index >= 15 is 0 Å². The highest BCUT2D eigenvalue weighted by atomic mass is 32.1. The van der Waals surface area contributed by atoms with Crippen LogP contribution in [0.1, 0.15) is 28.9 Å². The molecular weight excluding hydrogens is 200 g/mol. The van der Waals surface area contributed by atoms with Gasteiger partial charge >= 0.3 is 0 Å². The number of hydrogen-bond donors (Lipinski definition) is 2. The first-order valence-electron chi connectivity index (χ1n) is 4.59. The van der Waals surface area contributed by atoms with Crippen LogP contribution in [0.15, 0.2) is 11.7 Å². The number of carbonyl (C=O) groups excluding carboxylic acids is 1. The van der Waals surface area contributed by atoms with E-state index in [-0.39, 0.29) is 5.91 Å². The molecule has 1 aromatic rings. The van der Waals surface area contributed by atoms with Crippen molar-refractivity contribution in [3.63, 3.8) is 0 Å². The van der Waals surface area contributed by atoms with E-state index in [1.807, 2.05) is 0 Å². The molecule has 0 aromatic carbocycles. The summed E-state index contributed by atoms with van der Waals surface area (Å²) in [6.45, 7) is 0.351. The third kappa shape index (κ3) is 1.93. The summed E-state index contributed by atoms with van der Waals surface area (Å²) in [6.07, 6.45) is 4.16. The van der Waals surface area contributed by atoms with Crippen LogP contribution in [0, 0.1) is 0 Å². The van der Waals surface area contributed by atoms with Gasteiger partial charge in [0.2, 0.25) is 0 Å². The molecule has 2 N–H and O–H groups in total. The van der Waals surface area contributed by atoms with Crippen molar-refractivity contribution in [1.82, 2.24) is 10.3 Å². The summed E-state index contributed by atoms with van der Waals surface area (Å²) in [5.74, 6) is -0.146. The van der Waals surface area contributed by atoms with Gasteiger partial charge in [0, 0.05) is 6.54 Å². The predicted molar refractivity (Wildman–Crippen MR) is 53.2 cm³/mol. The van der Waals surface area contributed by atoms with Gasteiger partial charge < -0.3 is 10.4 Å². The van der Waals surface area contributed by atoms with E-state index < -0.39 is 5.60 Å². The molecule has 0 radical (unpaired) electrons. The maximum atomic E-state index is 11.4. The van der Waals surface area contributed by atoms with Crippen molar-refractivity contribution in [2.75, 3.05) is 6.54 Å². The Labute approximate surface area is 86.0 Å². The van der Waals surface area contributed by atoms with Gasteiger partial charge in [-0.05, 0) is 19.3 Å². The largest absolute Gasteiger partial charge is 0.388 e. The molecular formula is C9H12N2O2S. The third-order valence-electron chi connectivity index (χ3n) is 2.52. The third-order valence-corrected chi connectivity index (χ3v) is 3.29. The van der Waals surface area contributed by atoms with Crippen molar-refractivity contribution in [1.29, 1.82) is 0 Å². The van der Waals surface area contributed by atoms with E-state index in [1.165, 1.54) is 17.5 Å². The predicted octanol–water partition coefficient (Wildman–Crippen LogP) is 0.788. The van der Waals surface area contributed by atoms with Crippen LogP contribution in [0.3, 0.4) is 0 Å². The molecule has 4 nitrogen and oxygen atoms in total. The van der Waals surface area contributed by atoms with Crippen LogP contribution in [0.5, 0.6) is 0 Å². The molecule has 0 saturated heterocycles. The molecule has 14 heavy (non-hydrogen) atoms. The second-order valence-corrected chi connectivity index (χ2v) is 4.51. The summed E-state index contributed by atoms with van der Waals surface area (Å²) in [5, 5.41) is 12.4. The first-order valence-corrected chi connectivity index (χ1v) is 5.47. The Morgan fingerprint density at radius 1 is 1.71 bits per heavy atom. The van der Waals surface area contributed by atoms with Crippen LogP contribution >= 0.6 is 11.3 Å². The van der Waals surface area contributed by atoms with Gasteiger partial charge in [0.15, 0.2) is 0 Å². The van der Waals surface area contributed by atoms with E-state index in [9.17, 15) is 9.90 Å². The number of carbonyl (C=O) groups is 1. The molecule has 0 aliphatic heterocycles. The fourth-order valence-electron chi connectivity index (χ4n) is 1.42. The summed E-state index contributed by atoms with van der Waals surface area (Å²) >= 11 is 1.30. The molecule has 0 bridgehead atoms. The lowest BCUT2D eigenvalue weighted by Gasteiger charge is -2.36.